The van der Waals surface area contributed by atoms with Crippen molar-refractivity contribution >= 4 is 69.3 Å². The van der Waals surface area contributed by atoms with Gasteiger partial charge in [0.05, 0.1) is 46.9 Å². The van der Waals surface area contributed by atoms with E-state index in [9.17, 15) is 100 Å². The van der Waals surface area contributed by atoms with Gasteiger partial charge in [0.2, 0.25) is 0 Å². The zero-order chi connectivity index (χ0) is 75.2. The Morgan fingerprint density at radius 3 is 1.48 bits per heavy atom. The van der Waals surface area contributed by atoms with E-state index in [4.69, 9.17) is 37.8 Å². The lowest BCUT2D eigenvalue weighted by Gasteiger charge is -2.62. The van der Waals surface area contributed by atoms with Crippen molar-refractivity contribution in [3.63, 3.8) is 0 Å². The second-order valence-corrected chi connectivity index (χ2v) is 37.0. The topological polar surface area (TPSA) is 525 Å². The van der Waals surface area contributed by atoms with Gasteiger partial charge in [-0.1, -0.05) is 58.5 Å². The number of esters is 1. The van der Waals surface area contributed by atoms with E-state index in [1.54, 1.807) is 20.8 Å². The van der Waals surface area contributed by atoms with Crippen LogP contribution >= 0.6 is 0 Å². The predicted octanol–water partition coefficient (Wildman–Crippen LogP) is 3.08. The highest BCUT2D eigenvalue weighted by atomic mass is 32.3. The third-order valence-electron chi connectivity index (χ3n) is 24.3. The molecule has 578 valence electrons. The van der Waals surface area contributed by atoms with Crippen LogP contribution in [0.4, 0.5) is 0 Å². The first-order valence-electron chi connectivity index (χ1n) is 34.2. The van der Waals surface area contributed by atoms with Crippen LogP contribution in [0.25, 0.3) is 0 Å². The van der Waals surface area contributed by atoms with Crippen molar-refractivity contribution in [3.8, 4) is 0 Å². The summed E-state index contributed by atoms with van der Waals surface area (Å²) in [5.41, 5.74) is 5.54. The highest BCUT2D eigenvalue weighted by molar-refractivity contribution is 7.91. The molecule has 10 aliphatic rings. The van der Waals surface area contributed by atoms with E-state index in [1.807, 2.05) is 13.8 Å². The van der Waals surface area contributed by atoms with Gasteiger partial charge in [0, 0.05) is 36.9 Å². The van der Waals surface area contributed by atoms with Crippen LogP contribution in [0.2, 0.25) is 0 Å². The molecule has 26 atom stereocenters. The van der Waals surface area contributed by atoms with E-state index in [0.29, 0.717) is 50.5 Å². The minimum atomic E-state index is -5.58. The van der Waals surface area contributed by atoms with Crippen LogP contribution in [-0.2, 0) is 106 Å². The van der Waals surface area contributed by atoms with Crippen LogP contribution in [0, 0.1) is 81.8 Å². The predicted molar refractivity (Wildman–Crippen MR) is 352 cm³/mol. The number of nitrogens with one attached hydrogen (secondary N) is 1. The highest BCUT2D eigenvalue weighted by Crippen LogP contribution is 2.73. The standard InChI is InChI=1S/C37H52O17S3.C27H44N2O14S2/c1-19(2)14-29(38)52-32-31(54-57(47,48)49)30(53-56(44,45)46)27(18-55(42,43)24-9-6-20(3)7-10-24)51-35(32)50-23-15-25(34(40)41)26-12-13-37-16-22(21(4)33(37)39)8-11-28(37)36(26,5)17-23;1-13-14-3-4-19-26(2)11-15(9-16(24(32)33)17(26)5-6-27(19,10-14)23(13)31)40-25-20(30)22(43-45(37,38)39)21(42-44(34,35)36)18(41-25)12-29-8-7-28/h6-7,9-10,19,22-23,25-28,30-33,35,39H,4,8,11-18H2,1-3,5H3,(H,40,41)(H,44,45,46)(H,47,48,49);14-23,25,29-31H,1,3-12,28H2,2H3,(H,32,33)(H,34,35,36)(H,37,38,39)/t22?,23?,25?,26?,27-,28?,30+,31-,32?,33-,35+,36?,37?;14?,15?,16?,17?,18-,19?,20?,21+,22+,23-,25+,26?,27?/m00/s1. The Morgan fingerprint density at radius 2 is 1.04 bits per heavy atom. The summed E-state index contributed by atoms with van der Waals surface area (Å²) in [5, 5.41) is 57.9. The fourth-order valence-electron chi connectivity index (χ4n) is 20.4. The van der Waals surface area contributed by atoms with E-state index in [0.717, 1.165) is 36.8 Å². The number of aliphatic hydroxyl groups excluding tert-OH is 3. The fourth-order valence-corrected chi connectivity index (χ4v) is 23.9. The van der Waals surface area contributed by atoms with Crippen LogP contribution in [0.3, 0.4) is 0 Å². The Labute approximate surface area is 594 Å². The number of carbonyl (C=O) groups is 3. The molecular weight excluding hydrogens is 1450 g/mol. The average Bonchev–Trinajstić information content (AvgIpc) is 1.38. The largest absolute Gasteiger partial charge is 0.481 e. The number of aryl methyl sites for hydroxylation is 1. The van der Waals surface area contributed by atoms with Crippen LogP contribution in [0.15, 0.2) is 53.5 Å². The van der Waals surface area contributed by atoms with Crippen molar-refractivity contribution in [1.82, 2.24) is 5.32 Å². The first-order valence-corrected chi connectivity index (χ1v) is 41.4. The molecule has 2 heterocycles. The number of carboxylic acids is 2. The normalized spacial score (nSPS) is 41.3. The number of nitrogens with two attached hydrogens (primary N) is 1. The highest BCUT2D eigenvalue weighted by Gasteiger charge is 2.69. The molecule has 12 N–H and O–H groups in total. The van der Waals surface area contributed by atoms with Crippen molar-refractivity contribution in [1.29, 1.82) is 0 Å². The maximum absolute atomic E-state index is 13.8. The number of carbonyl (C=O) groups excluding carboxylic acids is 1. The van der Waals surface area contributed by atoms with Gasteiger partial charge in [0.1, 0.15) is 36.6 Å². The second-order valence-electron chi connectivity index (χ2n) is 30.7. The van der Waals surface area contributed by atoms with Gasteiger partial charge in [0.15, 0.2) is 34.6 Å². The summed E-state index contributed by atoms with van der Waals surface area (Å²) in [6.45, 7) is 17.5. The van der Waals surface area contributed by atoms with Crippen LogP contribution in [0.5, 0.6) is 0 Å². The zero-order valence-electron chi connectivity index (χ0n) is 57.1. The van der Waals surface area contributed by atoms with E-state index in [1.165, 1.54) is 24.3 Å². The Balaban J connectivity index is 0.000000226. The summed E-state index contributed by atoms with van der Waals surface area (Å²) >= 11 is 0. The van der Waals surface area contributed by atoms with Gasteiger partial charge in [-0.2, -0.15) is 33.7 Å². The molecule has 0 radical (unpaired) electrons. The molecule has 11 rings (SSSR count). The number of aliphatic hydroxyl groups is 3. The molecule has 16 unspecified atom stereocenters. The van der Waals surface area contributed by atoms with E-state index in [-0.39, 0.29) is 91.6 Å². The molecule has 8 aliphatic carbocycles. The number of hydrogen-bond acceptors (Lipinski definition) is 27. The van der Waals surface area contributed by atoms with Crippen LogP contribution in [0.1, 0.15) is 130 Å². The molecule has 2 spiro atoms. The molecule has 0 aromatic heterocycles. The monoisotopic (exact) mass is 1550 g/mol. The number of ether oxygens (including phenoxy) is 5. The van der Waals surface area contributed by atoms with Crippen molar-refractivity contribution in [2.45, 2.75) is 222 Å². The number of aliphatic carboxylic acids is 2. The summed E-state index contributed by atoms with van der Waals surface area (Å²) in [4.78, 5) is 38.6. The van der Waals surface area contributed by atoms with E-state index < -0.39 is 194 Å². The van der Waals surface area contributed by atoms with Crippen LogP contribution < -0.4 is 11.1 Å². The maximum atomic E-state index is 13.8. The number of hydrogen-bond donors (Lipinski definition) is 11. The summed E-state index contributed by atoms with van der Waals surface area (Å²) in [6, 6.07) is 5.54. The van der Waals surface area contributed by atoms with Gasteiger partial charge >= 0.3 is 59.5 Å². The molecule has 1 aromatic rings. The number of fused-ring (bicyclic) bond motifs is 6. The molecule has 10 fully saturated rings. The zero-order valence-corrected chi connectivity index (χ0v) is 61.1. The Bertz CT molecular complexity index is 3900. The lowest BCUT2D eigenvalue weighted by Crippen LogP contribution is -2.64. The number of carboxylic acid groups (broad SMARTS) is 2. The lowest BCUT2D eigenvalue weighted by atomic mass is 9.43. The smallest absolute Gasteiger partial charge is 0.397 e. The van der Waals surface area contributed by atoms with Gasteiger partial charge in [-0.25, -0.2) is 25.2 Å². The Kier molecular flexibility index (Phi) is 23.7. The third-order valence-corrected chi connectivity index (χ3v) is 27.9. The summed E-state index contributed by atoms with van der Waals surface area (Å²) in [6.07, 6.45) is -16.3. The number of rotatable bonds is 24. The van der Waals surface area contributed by atoms with Crippen LogP contribution in [-0.4, -0.2) is 215 Å². The third kappa shape index (κ3) is 16.7. The van der Waals surface area contributed by atoms with E-state index in [2.05, 4.69) is 26.8 Å². The maximum Gasteiger partial charge on any atom is 0.397 e. The molecule has 2 saturated heterocycles. The Hall–Kier alpha value is -3.82. The molecule has 2 aliphatic heterocycles. The summed E-state index contributed by atoms with van der Waals surface area (Å²) in [7, 11) is -26.1. The van der Waals surface area contributed by atoms with Gasteiger partial charge in [-0.15, -0.1) is 0 Å². The average molecular weight is 1550 g/mol. The minimum absolute atomic E-state index is 0.0314. The van der Waals surface area contributed by atoms with Gasteiger partial charge < -0.3 is 60.3 Å². The first kappa shape index (κ1) is 80.7. The number of sulfone groups is 1. The second kappa shape index (κ2) is 30.0. The molecule has 0 amide bonds. The Morgan fingerprint density at radius 1 is 0.608 bits per heavy atom. The van der Waals surface area contributed by atoms with Crippen molar-refractivity contribution in [2.75, 3.05) is 25.4 Å². The summed E-state index contributed by atoms with van der Waals surface area (Å²) in [5.74, 6) is -6.67. The first-order chi connectivity index (χ1) is 47.2. The molecule has 1 aromatic carbocycles. The molecule has 102 heavy (non-hydrogen) atoms. The van der Waals surface area contributed by atoms with Crippen molar-refractivity contribution in [2.24, 2.45) is 80.7 Å². The molecule has 38 heteroatoms. The quantitative estimate of drug-likeness (QED) is 0.0233. The fraction of sp³-hybridized carbons (Fsp3) is 0.797. The molecule has 33 nitrogen and oxygen atoms in total. The lowest BCUT2D eigenvalue weighted by molar-refractivity contribution is -0.309. The van der Waals surface area contributed by atoms with E-state index >= 15 is 0 Å². The van der Waals surface area contributed by atoms with Crippen molar-refractivity contribution in [3.05, 3.63) is 54.1 Å². The van der Waals surface area contributed by atoms with Gasteiger partial charge in [-0.3, -0.25) is 32.6 Å². The molecule has 4 bridgehead atoms. The molecule has 8 saturated carbocycles. The van der Waals surface area contributed by atoms with Gasteiger partial charge in [0.25, 0.3) is 0 Å². The summed E-state index contributed by atoms with van der Waals surface area (Å²) < 4.78 is 211. The van der Waals surface area contributed by atoms with Gasteiger partial charge in [-0.05, 0) is 172 Å². The minimum Gasteiger partial charge on any atom is -0.481 e. The molecular formula is C64H96N2O31S5. The SMILES string of the molecule is C=C1C2CCC3C4(C)CC(O[C@@H]5O[C@@H](CNCCN)[C@@H](OS(=O)(=O)O)[C@H](OS(=O)(=O)O)C5O)CC(C(=O)O)C4CCC3(C2)[C@H]1O.C=C1C2CCC3C4(C)CC(O[C@@H]5O[C@@H](CS(=O)(=O)c6ccc(C)cc6)[C@@H](OS(=O)(=O)O)[C@H](OS(=O)(=O)O)C5OC(=O)CC(C)C)CC(C(=O)O)C4CCC3(C2)[C@H]1O. The van der Waals surface area contributed by atoms with Crippen molar-refractivity contribution < 1.29 is 141 Å². The number of benzene rings is 1.